The summed E-state index contributed by atoms with van der Waals surface area (Å²) in [5.41, 5.74) is 1.91. The van der Waals surface area contributed by atoms with Crippen LogP contribution < -0.4 is 10.2 Å². The summed E-state index contributed by atoms with van der Waals surface area (Å²) < 4.78 is 2.26. The number of Topliss-reactive ketones (excluding diaryl/α,β-unsaturated/α-hetero) is 1. The summed E-state index contributed by atoms with van der Waals surface area (Å²) in [7, 11) is 0. The number of H-pyrrole nitrogens is 1. The topological polar surface area (TPSA) is 124 Å². The maximum Gasteiger partial charge on any atom is 0.246 e. The highest BCUT2D eigenvalue weighted by atomic mass is 35.5. The van der Waals surface area contributed by atoms with Crippen molar-refractivity contribution >= 4 is 51.8 Å². The van der Waals surface area contributed by atoms with Crippen molar-refractivity contribution in [2.75, 3.05) is 16.8 Å². The molecule has 2 atom stereocenters. The molecule has 10 nitrogen and oxygen atoms in total. The third-order valence-corrected chi connectivity index (χ3v) is 7.11. The van der Waals surface area contributed by atoms with E-state index in [9.17, 15) is 9.90 Å². The Bertz CT molecular complexity index is 1330. The summed E-state index contributed by atoms with van der Waals surface area (Å²) in [4.78, 5) is 23.8. The first kappa shape index (κ1) is 20.6. The number of hydrogen-bond donors (Lipinski definition) is 3. The Morgan fingerprint density at radius 2 is 2.27 bits per heavy atom. The van der Waals surface area contributed by atoms with Crippen molar-refractivity contribution < 1.29 is 9.90 Å². The number of aliphatic hydroxyl groups is 1. The molecule has 0 spiro atoms. The Morgan fingerprint density at radius 3 is 3.06 bits per heavy atom. The number of aliphatic hydroxyl groups excluding tert-OH is 1. The van der Waals surface area contributed by atoms with Crippen LogP contribution in [-0.2, 0) is 11.2 Å². The minimum Gasteiger partial charge on any atom is -0.391 e. The van der Waals surface area contributed by atoms with Crippen LogP contribution in [-0.4, -0.2) is 59.4 Å². The fourth-order valence-corrected chi connectivity index (χ4v) is 5.21. The molecule has 33 heavy (non-hydrogen) atoms. The summed E-state index contributed by atoms with van der Waals surface area (Å²) in [5.74, 6) is 2.14. The number of thiazole rings is 1. The van der Waals surface area contributed by atoms with Gasteiger partial charge in [-0.2, -0.15) is 10.1 Å². The molecule has 1 saturated heterocycles. The number of hydrogen-bond acceptors (Lipinski definition) is 9. The first-order chi connectivity index (χ1) is 16.0. The lowest BCUT2D eigenvalue weighted by Crippen LogP contribution is -2.38. The maximum absolute atomic E-state index is 13.1. The molecule has 2 fully saturated rings. The Kier molecular flexibility index (Phi) is 5.04. The number of β-amino-alcohol motifs (C(OH)–C–C–N with tert-alkyl or cyclic N) is 1. The highest BCUT2D eigenvalue weighted by molar-refractivity contribution is 7.15. The van der Waals surface area contributed by atoms with Crippen molar-refractivity contribution in [2.24, 2.45) is 0 Å². The summed E-state index contributed by atoms with van der Waals surface area (Å²) in [6.07, 6.45) is 5.56. The normalized spacial score (nSPS) is 20.6. The van der Waals surface area contributed by atoms with Gasteiger partial charge in [0.15, 0.2) is 17.4 Å². The number of nitrogens with one attached hydrogen (secondary N) is 2. The maximum atomic E-state index is 13.1. The highest BCUT2D eigenvalue weighted by Crippen LogP contribution is 2.39. The molecule has 2 aliphatic rings. The average molecular weight is 485 g/mol. The van der Waals surface area contributed by atoms with Crippen LogP contribution in [0.3, 0.4) is 0 Å². The third-order valence-electron chi connectivity index (χ3n) is 6.00. The van der Waals surface area contributed by atoms with Gasteiger partial charge in [-0.1, -0.05) is 11.6 Å². The van der Waals surface area contributed by atoms with Crippen molar-refractivity contribution in [3.63, 3.8) is 0 Å². The second-order valence-electron chi connectivity index (χ2n) is 8.47. The summed E-state index contributed by atoms with van der Waals surface area (Å²) in [6, 6.07) is 5.25. The molecule has 4 aromatic rings. The quantitative estimate of drug-likeness (QED) is 0.365. The molecule has 0 unspecified atom stereocenters. The van der Waals surface area contributed by atoms with E-state index in [0.29, 0.717) is 39.3 Å². The fraction of sp³-hybridized carbons (Fsp3) is 0.381. The van der Waals surface area contributed by atoms with Crippen molar-refractivity contribution in [2.45, 2.75) is 43.7 Å². The molecule has 170 valence electrons. The van der Waals surface area contributed by atoms with Gasteiger partial charge in [0.05, 0.1) is 24.8 Å². The van der Waals surface area contributed by atoms with E-state index in [1.54, 1.807) is 15.6 Å². The van der Waals surface area contributed by atoms with Gasteiger partial charge in [-0.05, 0) is 25.0 Å². The van der Waals surface area contributed by atoms with Crippen LogP contribution in [0.5, 0.6) is 0 Å². The van der Waals surface area contributed by atoms with Crippen molar-refractivity contribution in [3.8, 4) is 0 Å². The van der Waals surface area contributed by atoms with Crippen molar-refractivity contribution in [1.82, 2.24) is 29.8 Å². The lowest BCUT2D eigenvalue weighted by Gasteiger charge is -2.23. The molecule has 1 aliphatic heterocycles. The molecule has 0 bridgehead atoms. The average Bonchev–Trinajstić information content (AvgIpc) is 3.17. The molecule has 4 aromatic heterocycles. The number of rotatable bonds is 7. The summed E-state index contributed by atoms with van der Waals surface area (Å²) in [5, 5.41) is 26.4. The monoisotopic (exact) mass is 484 g/mol. The van der Waals surface area contributed by atoms with E-state index in [1.807, 2.05) is 24.4 Å². The number of halogens is 1. The van der Waals surface area contributed by atoms with E-state index in [1.165, 1.54) is 24.2 Å². The number of nitrogens with zero attached hydrogens (tertiary/aromatic N) is 6. The van der Waals surface area contributed by atoms with E-state index < -0.39 is 12.1 Å². The predicted octanol–water partition coefficient (Wildman–Crippen LogP) is 2.93. The van der Waals surface area contributed by atoms with Crippen LogP contribution in [0, 0.1) is 0 Å². The molecule has 12 heteroatoms. The molecule has 3 N–H and O–H groups in total. The van der Waals surface area contributed by atoms with Crippen LogP contribution >= 0.6 is 22.9 Å². The zero-order valence-corrected chi connectivity index (χ0v) is 19.1. The lowest BCUT2D eigenvalue weighted by atomic mass is 10.1. The number of carbonyl (C=O) groups is 1. The number of fused-ring (bicyclic) bond motifs is 1. The van der Waals surface area contributed by atoms with Crippen LogP contribution in [0.15, 0.2) is 30.6 Å². The summed E-state index contributed by atoms with van der Waals surface area (Å²) >= 11 is 7.24. The Balaban J connectivity index is 1.30. The van der Waals surface area contributed by atoms with Gasteiger partial charge in [-0.15, -0.1) is 16.4 Å². The zero-order chi connectivity index (χ0) is 22.5. The van der Waals surface area contributed by atoms with E-state index in [4.69, 9.17) is 16.6 Å². The van der Waals surface area contributed by atoms with Gasteiger partial charge < -0.3 is 15.3 Å². The van der Waals surface area contributed by atoms with E-state index in [-0.39, 0.29) is 18.7 Å². The van der Waals surface area contributed by atoms with Crippen molar-refractivity contribution in [1.29, 1.82) is 0 Å². The second-order valence-corrected chi connectivity index (χ2v) is 10.2. The van der Waals surface area contributed by atoms with Crippen LogP contribution in [0.25, 0.3) is 5.52 Å². The molecular weight excluding hydrogens is 464 g/mol. The summed E-state index contributed by atoms with van der Waals surface area (Å²) in [6.45, 7) is 0.273. The first-order valence-electron chi connectivity index (χ1n) is 10.8. The van der Waals surface area contributed by atoms with Crippen LogP contribution in [0.2, 0.25) is 4.34 Å². The van der Waals surface area contributed by atoms with Crippen LogP contribution in [0.4, 0.5) is 17.6 Å². The number of carbonyl (C=O) groups excluding carboxylic acids is 1. The van der Waals surface area contributed by atoms with Gasteiger partial charge in [0.2, 0.25) is 5.95 Å². The molecular formula is C21H21ClN8O2S. The fourth-order valence-electron chi connectivity index (χ4n) is 4.24. The highest BCUT2D eigenvalue weighted by Gasteiger charge is 2.38. The van der Waals surface area contributed by atoms with E-state index in [0.717, 1.165) is 11.2 Å². The molecule has 1 aliphatic carbocycles. The number of aromatic amines is 1. The third kappa shape index (κ3) is 4.07. The van der Waals surface area contributed by atoms with Gasteiger partial charge in [0, 0.05) is 36.8 Å². The molecule has 0 radical (unpaired) electrons. The Hall–Kier alpha value is -3.02. The predicted molar refractivity (Wildman–Crippen MR) is 124 cm³/mol. The SMILES string of the molecule is O=C(Cc1ncc(Cl)s1)[C@@H]1C[C@H](O)CN1c1nc(Nc2cc(C3CC3)[nH]n2)c2cccn2n1. The molecule has 1 saturated carbocycles. The van der Waals surface area contributed by atoms with Gasteiger partial charge in [0.25, 0.3) is 0 Å². The van der Waals surface area contributed by atoms with Gasteiger partial charge >= 0.3 is 0 Å². The smallest absolute Gasteiger partial charge is 0.246 e. The minimum absolute atomic E-state index is 0.0512. The minimum atomic E-state index is -0.647. The molecule has 0 amide bonds. The number of anilines is 3. The van der Waals surface area contributed by atoms with Gasteiger partial charge in [-0.3, -0.25) is 9.89 Å². The number of aromatic nitrogens is 6. The molecule has 6 rings (SSSR count). The van der Waals surface area contributed by atoms with E-state index >= 15 is 0 Å². The standard InChI is InChI=1S/C21H21ClN8O2S/c22-17-9-23-19(33-17)8-16(32)15-6-12(31)10-29(15)21-25-20(14-2-1-5-30(14)28-21)24-18-7-13(26-27-18)11-3-4-11/h1-2,5,7,9,11-12,15,31H,3-4,6,8,10H2,(H2,24,25,26,27,28)/t12-,15-/m0/s1. The van der Waals surface area contributed by atoms with Crippen molar-refractivity contribution in [3.05, 3.63) is 45.6 Å². The number of ketones is 1. The van der Waals surface area contributed by atoms with Gasteiger partial charge in [-0.25, -0.2) is 9.50 Å². The Labute approximate surface area is 197 Å². The zero-order valence-electron chi connectivity index (χ0n) is 17.5. The Morgan fingerprint density at radius 1 is 1.39 bits per heavy atom. The van der Waals surface area contributed by atoms with Crippen LogP contribution in [0.1, 0.15) is 35.9 Å². The molecule has 0 aromatic carbocycles. The van der Waals surface area contributed by atoms with E-state index in [2.05, 4.69) is 25.6 Å². The lowest BCUT2D eigenvalue weighted by molar-refractivity contribution is -0.119. The molecule has 5 heterocycles. The van der Waals surface area contributed by atoms with Gasteiger partial charge in [0.1, 0.15) is 14.9 Å². The first-order valence-corrected chi connectivity index (χ1v) is 12.0. The second kappa shape index (κ2) is 8.08. The largest absolute Gasteiger partial charge is 0.391 e.